The highest BCUT2D eigenvalue weighted by Gasteiger charge is 2.25. The number of anilines is 1. The Morgan fingerprint density at radius 2 is 1.89 bits per heavy atom. The molecule has 1 aliphatic rings. The first-order valence-corrected chi connectivity index (χ1v) is 8.95. The summed E-state index contributed by atoms with van der Waals surface area (Å²) in [5, 5.41) is 12.2. The van der Waals surface area contributed by atoms with E-state index in [0.29, 0.717) is 23.5 Å². The number of aromatic nitrogens is 4. The van der Waals surface area contributed by atoms with E-state index in [2.05, 4.69) is 15.4 Å². The third kappa shape index (κ3) is 3.17. The quantitative estimate of drug-likeness (QED) is 0.651. The molecular weight excluding hydrogens is 361 g/mol. The van der Waals surface area contributed by atoms with Crippen molar-refractivity contribution in [2.45, 2.75) is 26.3 Å². The topological polar surface area (TPSA) is 81.0 Å². The van der Waals surface area contributed by atoms with Crippen LogP contribution in [0.2, 0.25) is 0 Å². The van der Waals surface area contributed by atoms with Gasteiger partial charge in [0.05, 0.1) is 0 Å². The number of ketones is 1. The fourth-order valence-electron chi connectivity index (χ4n) is 3.33. The Morgan fingerprint density at radius 3 is 2.61 bits per heavy atom. The number of nitrogens with zero attached hydrogens (tertiary/aromatic N) is 5. The molecule has 4 rings (SSSR count). The maximum Gasteiger partial charge on any atom is 0.223 e. The van der Waals surface area contributed by atoms with E-state index in [1.165, 1.54) is 23.9 Å². The molecule has 1 atom stereocenters. The number of hydrogen-bond donors (Lipinski definition) is 0. The van der Waals surface area contributed by atoms with Crippen molar-refractivity contribution in [3.63, 3.8) is 0 Å². The van der Waals surface area contributed by atoms with Crippen LogP contribution >= 0.6 is 0 Å². The first-order chi connectivity index (χ1) is 13.4. The Morgan fingerprint density at radius 1 is 1.14 bits per heavy atom. The first-order valence-electron chi connectivity index (χ1n) is 8.95. The number of rotatable bonds is 4. The van der Waals surface area contributed by atoms with Gasteiger partial charge in [-0.15, -0.1) is 10.2 Å². The van der Waals surface area contributed by atoms with Crippen LogP contribution in [0.3, 0.4) is 0 Å². The van der Waals surface area contributed by atoms with E-state index in [9.17, 15) is 14.0 Å². The van der Waals surface area contributed by atoms with E-state index in [0.717, 1.165) is 17.7 Å². The molecule has 3 aromatic rings. The minimum absolute atomic E-state index is 0.00803. The highest BCUT2D eigenvalue weighted by Crippen LogP contribution is 2.30. The Kier molecular flexibility index (Phi) is 4.46. The molecule has 0 spiro atoms. The Hall–Kier alpha value is -3.42. The zero-order valence-corrected chi connectivity index (χ0v) is 15.5. The van der Waals surface area contributed by atoms with Crippen LogP contribution in [0.25, 0.3) is 11.4 Å². The standard InChI is InChI=1S/C20H18FN5O2/c1-12(26-23-20(22-24-26)14-3-6-17(21)7-4-14)19(28)16-5-8-18-15(11-16)9-10-25(18)13(2)27/h3-8,11-12H,9-10H2,1-2H3/t12-/m0/s1. The number of hydrogen-bond acceptors (Lipinski definition) is 5. The van der Waals surface area contributed by atoms with Crippen molar-refractivity contribution in [2.24, 2.45) is 0 Å². The van der Waals surface area contributed by atoms with Crippen LogP contribution in [0.5, 0.6) is 0 Å². The second-order valence-corrected chi connectivity index (χ2v) is 6.74. The molecule has 0 saturated carbocycles. The molecular formula is C20H18FN5O2. The van der Waals surface area contributed by atoms with Gasteiger partial charge in [-0.3, -0.25) is 9.59 Å². The largest absolute Gasteiger partial charge is 0.312 e. The normalized spacial score (nSPS) is 14.0. The van der Waals surface area contributed by atoms with Crippen molar-refractivity contribution >= 4 is 17.4 Å². The number of Topliss-reactive ketones (excluding diaryl/α,β-unsaturated/α-hetero) is 1. The number of tetrazole rings is 1. The molecule has 8 heteroatoms. The number of benzene rings is 2. The van der Waals surface area contributed by atoms with Crippen molar-refractivity contribution in [1.29, 1.82) is 0 Å². The summed E-state index contributed by atoms with van der Waals surface area (Å²) in [6.07, 6.45) is 0.723. The van der Waals surface area contributed by atoms with Crippen LogP contribution in [-0.4, -0.2) is 38.4 Å². The molecule has 142 valence electrons. The van der Waals surface area contributed by atoms with E-state index >= 15 is 0 Å². The smallest absolute Gasteiger partial charge is 0.223 e. The van der Waals surface area contributed by atoms with Crippen molar-refractivity contribution in [3.05, 3.63) is 59.4 Å². The minimum Gasteiger partial charge on any atom is -0.312 e. The third-order valence-electron chi connectivity index (χ3n) is 4.90. The van der Waals surface area contributed by atoms with Gasteiger partial charge in [0.1, 0.15) is 11.9 Å². The molecule has 0 bridgehead atoms. The Bertz CT molecular complexity index is 1060. The lowest BCUT2D eigenvalue weighted by Crippen LogP contribution is -2.25. The van der Waals surface area contributed by atoms with E-state index in [1.807, 2.05) is 12.1 Å². The molecule has 2 heterocycles. The summed E-state index contributed by atoms with van der Waals surface area (Å²) in [5.41, 5.74) is 2.99. The summed E-state index contributed by atoms with van der Waals surface area (Å²) in [6, 6.07) is 10.5. The molecule has 0 fully saturated rings. The number of carbonyl (C=O) groups excluding carboxylic acids is 2. The van der Waals surface area contributed by atoms with Crippen molar-refractivity contribution < 1.29 is 14.0 Å². The Balaban J connectivity index is 1.56. The van der Waals surface area contributed by atoms with Crippen LogP contribution in [0.15, 0.2) is 42.5 Å². The van der Waals surface area contributed by atoms with Gasteiger partial charge >= 0.3 is 0 Å². The SMILES string of the molecule is CC(=O)N1CCc2cc(C(=O)[C@H](C)n3nnc(-c4ccc(F)cc4)n3)ccc21. The van der Waals surface area contributed by atoms with Crippen molar-refractivity contribution in [1.82, 2.24) is 20.2 Å². The maximum atomic E-state index is 13.1. The lowest BCUT2D eigenvalue weighted by Gasteiger charge is -2.15. The van der Waals surface area contributed by atoms with Gasteiger partial charge < -0.3 is 4.90 Å². The van der Waals surface area contributed by atoms with Crippen LogP contribution in [0.4, 0.5) is 10.1 Å². The first kappa shape index (κ1) is 18.0. The predicted octanol–water partition coefficient (Wildman–Crippen LogP) is 2.83. The van der Waals surface area contributed by atoms with E-state index in [1.54, 1.807) is 30.0 Å². The van der Waals surface area contributed by atoms with Gasteiger partial charge in [0.15, 0.2) is 5.78 Å². The average molecular weight is 379 g/mol. The number of amides is 1. The molecule has 2 aromatic carbocycles. The van der Waals surface area contributed by atoms with Crippen LogP contribution in [0.1, 0.15) is 35.8 Å². The van der Waals surface area contributed by atoms with Gasteiger partial charge in [-0.25, -0.2) is 4.39 Å². The third-order valence-corrected chi connectivity index (χ3v) is 4.90. The molecule has 1 aliphatic heterocycles. The monoisotopic (exact) mass is 379 g/mol. The summed E-state index contributed by atoms with van der Waals surface area (Å²) in [6.45, 7) is 3.86. The lowest BCUT2D eigenvalue weighted by molar-refractivity contribution is -0.116. The lowest BCUT2D eigenvalue weighted by atomic mass is 10.0. The molecule has 1 aromatic heterocycles. The van der Waals surface area contributed by atoms with Gasteiger partial charge in [-0.1, -0.05) is 0 Å². The second-order valence-electron chi connectivity index (χ2n) is 6.74. The number of fused-ring (bicyclic) bond motifs is 1. The fraction of sp³-hybridized carbons (Fsp3) is 0.250. The highest BCUT2D eigenvalue weighted by molar-refractivity contribution is 6.00. The van der Waals surface area contributed by atoms with E-state index in [4.69, 9.17) is 0 Å². The fourth-order valence-corrected chi connectivity index (χ4v) is 3.33. The Labute approximate surface area is 160 Å². The zero-order valence-electron chi connectivity index (χ0n) is 15.5. The summed E-state index contributed by atoms with van der Waals surface area (Å²) < 4.78 is 13.1. The molecule has 0 radical (unpaired) electrons. The van der Waals surface area contributed by atoms with Gasteiger partial charge in [-0.05, 0) is 66.6 Å². The van der Waals surface area contributed by atoms with Crippen LogP contribution in [0, 0.1) is 5.82 Å². The predicted molar refractivity (Wildman–Crippen MR) is 100 cm³/mol. The highest BCUT2D eigenvalue weighted by atomic mass is 19.1. The molecule has 0 N–H and O–H groups in total. The zero-order chi connectivity index (χ0) is 19.8. The van der Waals surface area contributed by atoms with E-state index < -0.39 is 6.04 Å². The minimum atomic E-state index is -0.648. The van der Waals surface area contributed by atoms with Crippen molar-refractivity contribution in [3.8, 4) is 11.4 Å². The molecule has 1 amide bonds. The molecule has 0 aliphatic carbocycles. The van der Waals surface area contributed by atoms with Crippen LogP contribution in [-0.2, 0) is 11.2 Å². The number of halogens is 1. The summed E-state index contributed by atoms with van der Waals surface area (Å²) in [7, 11) is 0. The summed E-state index contributed by atoms with van der Waals surface area (Å²) in [5.74, 6) is -0.177. The van der Waals surface area contributed by atoms with Crippen molar-refractivity contribution in [2.75, 3.05) is 11.4 Å². The van der Waals surface area contributed by atoms with Gasteiger partial charge in [0, 0.05) is 30.3 Å². The maximum absolute atomic E-state index is 13.1. The average Bonchev–Trinajstić information content (AvgIpc) is 3.34. The van der Waals surface area contributed by atoms with E-state index in [-0.39, 0.29) is 17.5 Å². The molecule has 0 unspecified atom stereocenters. The van der Waals surface area contributed by atoms with Gasteiger partial charge in [0.2, 0.25) is 11.7 Å². The molecule has 7 nitrogen and oxygen atoms in total. The summed E-state index contributed by atoms with van der Waals surface area (Å²) in [4.78, 5) is 27.5. The van der Waals surface area contributed by atoms with Gasteiger partial charge in [0.25, 0.3) is 0 Å². The second kappa shape index (κ2) is 6.95. The summed E-state index contributed by atoms with van der Waals surface area (Å²) >= 11 is 0. The van der Waals surface area contributed by atoms with Gasteiger partial charge in [-0.2, -0.15) is 4.80 Å². The van der Waals surface area contributed by atoms with Crippen LogP contribution < -0.4 is 4.90 Å². The molecule has 28 heavy (non-hydrogen) atoms. The molecule has 0 saturated heterocycles. The number of carbonyl (C=O) groups is 2.